The van der Waals surface area contributed by atoms with E-state index in [-0.39, 0.29) is 11.4 Å². The number of nitrogens with zero attached hydrogens (tertiary/aromatic N) is 2. The maximum atomic E-state index is 12.5. The number of carbonyl (C=O) groups is 1. The van der Waals surface area contributed by atoms with E-state index in [1.165, 1.54) is 0 Å². The van der Waals surface area contributed by atoms with Crippen LogP contribution in [0.4, 0.5) is 0 Å². The van der Waals surface area contributed by atoms with Crippen molar-refractivity contribution in [2.24, 2.45) is 0 Å². The molecule has 0 saturated carbocycles. The van der Waals surface area contributed by atoms with Gasteiger partial charge in [-0.15, -0.1) is 0 Å². The monoisotopic (exact) mass is 309 g/mol. The van der Waals surface area contributed by atoms with Crippen LogP contribution >= 0.6 is 0 Å². The number of aryl methyl sites for hydroxylation is 1. The number of carbonyl (C=O) groups excluding carboxylic acids is 1. The highest BCUT2D eigenvalue weighted by atomic mass is 16.5. The summed E-state index contributed by atoms with van der Waals surface area (Å²) in [5, 5.41) is 6.97. The fourth-order valence-corrected chi connectivity index (χ4v) is 2.59. The van der Waals surface area contributed by atoms with Gasteiger partial charge in [0.2, 0.25) is 0 Å². The van der Waals surface area contributed by atoms with Crippen molar-refractivity contribution < 1.29 is 9.32 Å². The van der Waals surface area contributed by atoms with E-state index in [9.17, 15) is 4.79 Å². The maximum absolute atomic E-state index is 12.5. The van der Waals surface area contributed by atoms with Gasteiger partial charge in [-0.25, -0.2) is 0 Å². The van der Waals surface area contributed by atoms with E-state index in [1.54, 1.807) is 6.07 Å². The van der Waals surface area contributed by atoms with Gasteiger partial charge in [-0.1, -0.05) is 25.9 Å². The largest absolute Gasteiger partial charge is 0.361 e. The normalized spacial score (nSPS) is 12.7. The molecule has 5 heteroatoms. The summed E-state index contributed by atoms with van der Waals surface area (Å²) in [4.78, 5) is 14.8. The second-order valence-corrected chi connectivity index (χ2v) is 6.75. The Balaban J connectivity index is 2.90. The SMILES string of the molecule is CCCN(CC)C(C)(C)C(C)(C)NC(=O)c1cc(CC)on1. The van der Waals surface area contributed by atoms with E-state index < -0.39 is 5.54 Å². The van der Waals surface area contributed by atoms with Gasteiger partial charge in [-0.3, -0.25) is 9.69 Å². The summed E-state index contributed by atoms with van der Waals surface area (Å²) in [5.74, 6) is 0.539. The van der Waals surface area contributed by atoms with Crippen molar-refractivity contribution in [2.45, 2.75) is 72.4 Å². The van der Waals surface area contributed by atoms with Crippen LogP contribution in [-0.2, 0) is 6.42 Å². The lowest BCUT2D eigenvalue weighted by molar-refractivity contribution is 0.0391. The first-order chi connectivity index (χ1) is 10.2. The van der Waals surface area contributed by atoms with Crippen LogP contribution in [0.2, 0.25) is 0 Å². The van der Waals surface area contributed by atoms with Gasteiger partial charge in [-0.2, -0.15) is 0 Å². The van der Waals surface area contributed by atoms with Gasteiger partial charge in [0.1, 0.15) is 5.76 Å². The Hall–Kier alpha value is -1.36. The minimum absolute atomic E-state index is 0.176. The van der Waals surface area contributed by atoms with Gasteiger partial charge in [0.05, 0.1) is 5.54 Å². The lowest BCUT2D eigenvalue weighted by Gasteiger charge is -2.49. The smallest absolute Gasteiger partial charge is 0.273 e. The van der Waals surface area contributed by atoms with E-state index in [0.29, 0.717) is 5.69 Å². The topological polar surface area (TPSA) is 58.4 Å². The van der Waals surface area contributed by atoms with E-state index in [0.717, 1.165) is 31.7 Å². The van der Waals surface area contributed by atoms with Crippen molar-refractivity contribution >= 4 is 5.91 Å². The average molecular weight is 309 g/mol. The highest BCUT2D eigenvalue weighted by Gasteiger charge is 2.42. The Morgan fingerprint density at radius 3 is 2.36 bits per heavy atom. The molecule has 0 radical (unpaired) electrons. The molecule has 1 aromatic heterocycles. The average Bonchev–Trinajstić information content (AvgIpc) is 2.92. The molecule has 1 heterocycles. The van der Waals surface area contributed by atoms with Gasteiger partial charge in [-0.05, 0) is 47.2 Å². The number of hydrogen-bond acceptors (Lipinski definition) is 4. The number of hydrogen-bond donors (Lipinski definition) is 1. The number of amides is 1. The second-order valence-electron chi connectivity index (χ2n) is 6.75. The fraction of sp³-hybridized carbons (Fsp3) is 0.765. The van der Waals surface area contributed by atoms with Gasteiger partial charge in [0.15, 0.2) is 5.69 Å². The summed E-state index contributed by atoms with van der Waals surface area (Å²) >= 11 is 0. The summed E-state index contributed by atoms with van der Waals surface area (Å²) in [6.07, 6.45) is 1.82. The Bertz CT molecular complexity index is 492. The first-order valence-electron chi connectivity index (χ1n) is 8.22. The standard InChI is InChI=1S/C17H31N3O2/c1-8-11-20(10-3)17(6,7)16(4,5)18-15(21)14-12-13(9-2)22-19-14/h12H,8-11H2,1-7H3,(H,18,21). The molecule has 126 valence electrons. The fourth-order valence-electron chi connectivity index (χ4n) is 2.59. The molecular formula is C17H31N3O2. The summed E-state index contributed by atoms with van der Waals surface area (Å²) in [7, 11) is 0. The molecule has 1 aromatic rings. The molecule has 0 spiro atoms. The van der Waals surface area contributed by atoms with Gasteiger partial charge >= 0.3 is 0 Å². The Kier molecular flexibility index (Phi) is 6.17. The highest BCUT2D eigenvalue weighted by Crippen LogP contribution is 2.28. The van der Waals surface area contributed by atoms with Crippen LogP contribution < -0.4 is 5.32 Å². The van der Waals surface area contributed by atoms with Crippen LogP contribution in [-0.4, -0.2) is 40.1 Å². The van der Waals surface area contributed by atoms with E-state index in [4.69, 9.17) is 4.52 Å². The zero-order valence-electron chi connectivity index (χ0n) is 15.1. The Morgan fingerprint density at radius 1 is 1.27 bits per heavy atom. The predicted octanol–water partition coefficient (Wildman–Crippen LogP) is 3.26. The van der Waals surface area contributed by atoms with Gasteiger partial charge < -0.3 is 9.84 Å². The number of rotatable bonds is 8. The van der Waals surface area contributed by atoms with Gasteiger partial charge in [0, 0.05) is 18.0 Å². The van der Waals surface area contributed by atoms with Crippen LogP contribution in [0.25, 0.3) is 0 Å². The molecule has 0 fully saturated rings. The summed E-state index contributed by atoms with van der Waals surface area (Å²) in [5.41, 5.74) is -0.232. The molecule has 0 aromatic carbocycles. The summed E-state index contributed by atoms with van der Waals surface area (Å²) in [6.45, 7) is 16.7. The van der Waals surface area contributed by atoms with Crippen LogP contribution in [0, 0.1) is 0 Å². The molecule has 1 N–H and O–H groups in total. The number of nitrogens with one attached hydrogen (secondary N) is 1. The third-order valence-electron chi connectivity index (χ3n) is 4.76. The number of likely N-dealkylation sites (N-methyl/N-ethyl adjacent to an activating group) is 1. The van der Waals surface area contributed by atoms with Crippen LogP contribution in [0.3, 0.4) is 0 Å². The number of aromatic nitrogens is 1. The summed E-state index contributed by atoms with van der Waals surface area (Å²) in [6, 6.07) is 1.71. The van der Waals surface area contributed by atoms with Crippen LogP contribution in [0.5, 0.6) is 0 Å². The molecule has 1 amide bonds. The first-order valence-corrected chi connectivity index (χ1v) is 8.22. The zero-order valence-corrected chi connectivity index (χ0v) is 15.1. The molecule has 0 atom stereocenters. The van der Waals surface area contributed by atoms with Crippen molar-refractivity contribution in [3.05, 3.63) is 17.5 Å². The lowest BCUT2D eigenvalue weighted by Crippen LogP contribution is -2.65. The molecule has 0 saturated heterocycles. The Labute approximate surface area is 134 Å². The second kappa shape index (κ2) is 7.27. The molecule has 0 aliphatic rings. The minimum atomic E-state index is -0.402. The third-order valence-corrected chi connectivity index (χ3v) is 4.76. The van der Waals surface area contributed by atoms with Crippen molar-refractivity contribution in [1.82, 2.24) is 15.4 Å². The first kappa shape index (κ1) is 18.7. The molecule has 5 nitrogen and oxygen atoms in total. The predicted molar refractivity (Wildman–Crippen MR) is 89.0 cm³/mol. The van der Waals surface area contributed by atoms with Crippen molar-refractivity contribution in [3.8, 4) is 0 Å². The van der Waals surface area contributed by atoms with Crippen LogP contribution in [0.1, 0.15) is 71.1 Å². The Morgan fingerprint density at radius 2 is 1.91 bits per heavy atom. The van der Waals surface area contributed by atoms with E-state index in [1.807, 2.05) is 6.92 Å². The van der Waals surface area contributed by atoms with Crippen molar-refractivity contribution in [1.29, 1.82) is 0 Å². The molecule has 22 heavy (non-hydrogen) atoms. The highest BCUT2D eigenvalue weighted by molar-refractivity contribution is 5.92. The third kappa shape index (κ3) is 3.88. The molecule has 1 rings (SSSR count). The molecule has 0 bridgehead atoms. The zero-order chi connectivity index (χ0) is 17.0. The summed E-state index contributed by atoms with van der Waals surface area (Å²) < 4.78 is 5.12. The lowest BCUT2D eigenvalue weighted by atomic mass is 9.80. The molecule has 0 unspecified atom stereocenters. The van der Waals surface area contributed by atoms with Crippen molar-refractivity contribution in [2.75, 3.05) is 13.1 Å². The molecule has 0 aliphatic carbocycles. The van der Waals surface area contributed by atoms with Crippen LogP contribution in [0.15, 0.2) is 10.6 Å². The van der Waals surface area contributed by atoms with Gasteiger partial charge in [0.25, 0.3) is 5.91 Å². The molecule has 0 aliphatic heterocycles. The van der Waals surface area contributed by atoms with Crippen molar-refractivity contribution in [3.63, 3.8) is 0 Å². The van der Waals surface area contributed by atoms with E-state index >= 15 is 0 Å². The minimum Gasteiger partial charge on any atom is -0.361 e. The quantitative estimate of drug-likeness (QED) is 0.801. The maximum Gasteiger partial charge on any atom is 0.273 e. The molecular weight excluding hydrogens is 278 g/mol. The van der Waals surface area contributed by atoms with E-state index in [2.05, 4.69) is 56.9 Å².